The number of carbonyl (C=O) groups is 1. The summed E-state index contributed by atoms with van der Waals surface area (Å²) in [6, 6.07) is 5.50. The summed E-state index contributed by atoms with van der Waals surface area (Å²) in [6.45, 7) is 5.04. The molecule has 18 heavy (non-hydrogen) atoms. The lowest BCUT2D eigenvalue weighted by molar-refractivity contribution is 0.0298. The second-order valence-electron chi connectivity index (χ2n) is 5.12. The van der Waals surface area contributed by atoms with Gasteiger partial charge in [-0.15, -0.1) is 0 Å². The second kappa shape index (κ2) is 4.98. The van der Waals surface area contributed by atoms with E-state index in [4.69, 9.17) is 5.73 Å². The van der Waals surface area contributed by atoms with Crippen LogP contribution >= 0.6 is 0 Å². The smallest absolute Gasteiger partial charge is 0.256 e. The van der Waals surface area contributed by atoms with Crippen LogP contribution in [0.5, 0.6) is 0 Å². The zero-order chi connectivity index (χ0) is 13.3. The molecule has 0 aliphatic carbocycles. The van der Waals surface area contributed by atoms with E-state index in [0.29, 0.717) is 30.8 Å². The molecule has 4 heteroatoms. The fraction of sp³-hybridized carbons (Fsp3) is 0.500. The molecule has 0 bridgehead atoms. The Bertz CT molecular complexity index is 439. The summed E-state index contributed by atoms with van der Waals surface area (Å²) in [7, 11) is 0. The number of nitrogens with zero attached hydrogens (tertiary/aromatic N) is 1. The highest BCUT2D eigenvalue weighted by Crippen LogP contribution is 2.23. The predicted octanol–water partition coefficient (Wildman–Crippen LogP) is 1.42. The SMILES string of the molecule is Cc1cccc(N)c1C(=O)N1CCC(O)C(C)C1. The van der Waals surface area contributed by atoms with Gasteiger partial charge in [0.25, 0.3) is 5.91 Å². The van der Waals surface area contributed by atoms with E-state index in [2.05, 4.69) is 0 Å². The van der Waals surface area contributed by atoms with Crippen LogP contribution < -0.4 is 5.73 Å². The normalized spacial score (nSPS) is 24.1. The van der Waals surface area contributed by atoms with Gasteiger partial charge in [0.2, 0.25) is 0 Å². The van der Waals surface area contributed by atoms with Crippen molar-refractivity contribution in [2.75, 3.05) is 18.8 Å². The van der Waals surface area contributed by atoms with E-state index in [-0.39, 0.29) is 17.9 Å². The van der Waals surface area contributed by atoms with Crippen LogP contribution in [-0.4, -0.2) is 35.1 Å². The summed E-state index contributed by atoms with van der Waals surface area (Å²) >= 11 is 0. The van der Waals surface area contributed by atoms with Crippen LogP contribution in [0.1, 0.15) is 29.3 Å². The summed E-state index contributed by atoms with van der Waals surface area (Å²) in [4.78, 5) is 14.2. The van der Waals surface area contributed by atoms with Crippen molar-refractivity contribution in [3.05, 3.63) is 29.3 Å². The van der Waals surface area contributed by atoms with Gasteiger partial charge < -0.3 is 15.7 Å². The number of aliphatic hydroxyl groups is 1. The standard InChI is InChI=1S/C14H20N2O2/c1-9-4-3-5-11(15)13(9)14(18)16-7-6-12(17)10(2)8-16/h3-5,10,12,17H,6-8,15H2,1-2H3. The Kier molecular flexibility index (Phi) is 3.57. The average molecular weight is 248 g/mol. The lowest BCUT2D eigenvalue weighted by Crippen LogP contribution is -2.45. The largest absolute Gasteiger partial charge is 0.398 e. The van der Waals surface area contributed by atoms with Crippen LogP contribution in [0, 0.1) is 12.8 Å². The number of hydrogen-bond acceptors (Lipinski definition) is 3. The van der Waals surface area contributed by atoms with Crippen LogP contribution in [0.2, 0.25) is 0 Å². The minimum atomic E-state index is -0.303. The Hall–Kier alpha value is -1.55. The molecule has 1 amide bonds. The number of nitrogens with two attached hydrogens (primary N) is 1. The van der Waals surface area contributed by atoms with Gasteiger partial charge in [0.05, 0.1) is 11.7 Å². The van der Waals surface area contributed by atoms with Gasteiger partial charge in [-0.05, 0) is 30.9 Å². The third-order valence-corrected chi connectivity index (χ3v) is 3.67. The number of aliphatic hydroxyl groups excluding tert-OH is 1. The Balaban J connectivity index is 2.22. The quantitative estimate of drug-likeness (QED) is 0.739. The molecular weight excluding hydrogens is 228 g/mol. The molecule has 98 valence electrons. The molecule has 0 aromatic heterocycles. The highest BCUT2D eigenvalue weighted by molar-refractivity contribution is 6.00. The van der Waals surface area contributed by atoms with E-state index in [9.17, 15) is 9.90 Å². The highest BCUT2D eigenvalue weighted by atomic mass is 16.3. The van der Waals surface area contributed by atoms with Crippen LogP contribution in [0.3, 0.4) is 0 Å². The Labute approximate surface area is 107 Å². The van der Waals surface area contributed by atoms with Crippen molar-refractivity contribution in [1.82, 2.24) is 4.90 Å². The summed E-state index contributed by atoms with van der Waals surface area (Å²) in [5, 5.41) is 9.69. The summed E-state index contributed by atoms with van der Waals surface area (Å²) in [5.74, 6) is 0.0947. The Morgan fingerprint density at radius 3 is 2.83 bits per heavy atom. The maximum Gasteiger partial charge on any atom is 0.256 e. The molecule has 3 N–H and O–H groups in total. The molecular formula is C14H20N2O2. The maximum absolute atomic E-state index is 12.5. The number of rotatable bonds is 1. The molecule has 0 spiro atoms. The van der Waals surface area contributed by atoms with E-state index in [1.54, 1.807) is 11.0 Å². The maximum atomic E-state index is 12.5. The van der Waals surface area contributed by atoms with Crippen molar-refractivity contribution in [3.8, 4) is 0 Å². The summed E-state index contributed by atoms with van der Waals surface area (Å²) in [5.41, 5.74) is 7.92. The molecule has 0 radical (unpaired) electrons. The number of anilines is 1. The topological polar surface area (TPSA) is 66.6 Å². The molecule has 1 aromatic rings. The van der Waals surface area contributed by atoms with E-state index in [1.165, 1.54) is 0 Å². The van der Waals surface area contributed by atoms with Crippen LogP contribution in [0.4, 0.5) is 5.69 Å². The zero-order valence-corrected chi connectivity index (χ0v) is 10.9. The number of hydrogen-bond donors (Lipinski definition) is 2. The molecule has 1 aromatic carbocycles. The van der Waals surface area contributed by atoms with Gasteiger partial charge in [0.15, 0.2) is 0 Å². The molecule has 1 aliphatic rings. The van der Waals surface area contributed by atoms with Crippen molar-refractivity contribution in [3.63, 3.8) is 0 Å². The molecule has 1 saturated heterocycles. The van der Waals surface area contributed by atoms with Crippen LogP contribution in [-0.2, 0) is 0 Å². The van der Waals surface area contributed by atoms with Gasteiger partial charge in [-0.3, -0.25) is 4.79 Å². The van der Waals surface area contributed by atoms with E-state index in [0.717, 1.165) is 5.56 Å². The number of benzene rings is 1. The third-order valence-electron chi connectivity index (χ3n) is 3.67. The van der Waals surface area contributed by atoms with E-state index in [1.807, 2.05) is 26.0 Å². The second-order valence-corrected chi connectivity index (χ2v) is 5.12. The van der Waals surface area contributed by atoms with Crippen molar-refractivity contribution in [2.45, 2.75) is 26.4 Å². The fourth-order valence-electron chi connectivity index (χ4n) is 2.46. The van der Waals surface area contributed by atoms with Crippen LogP contribution in [0.15, 0.2) is 18.2 Å². The summed E-state index contributed by atoms with van der Waals surface area (Å²) < 4.78 is 0. The van der Waals surface area contributed by atoms with E-state index < -0.39 is 0 Å². The van der Waals surface area contributed by atoms with Gasteiger partial charge in [-0.1, -0.05) is 19.1 Å². The molecule has 2 unspecified atom stereocenters. The van der Waals surface area contributed by atoms with Crippen LogP contribution in [0.25, 0.3) is 0 Å². The van der Waals surface area contributed by atoms with Crippen molar-refractivity contribution >= 4 is 11.6 Å². The van der Waals surface area contributed by atoms with Gasteiger partial charge in [0.1, 0.15) is 0 Å². The average Bonchev–Trinajstić information content (AvgIpc) is 2.32. The molecule has 2 rings (SSSR count). The minimum absolute atomic E-state index is 0.0237. The first-order valence-electron chi connectivity index (χ1n) is 6.33. The van der Waals surface area contributed by atoms with Gasteiger partial charge in [-0.2, -0.15) is 0 Å². The number of nitrogen functional groups attached to an aromatic ring is 1. The van der Waals surface area contributed by atoms with Crippen molar-refractivity contribution in [2.24, 2.45) is 5.92 Å². The molecule has 2 atom stereocenters. The molecule has 1 heterocycles. The first-order chi connectivity index (χ1) is 8.50. The number of likely N-dealkylation sites (tertiary alicyclic amines) is 1. The lowest BCUT2D eigenvalue weighted by atomic mass is 9.95. The Morgan fingerprint density at radius 2 is 2.22 bits per heavy atom. The molecule has 1 aliphatic heterocycles. The Morgan fingerprint density at radius 1 is 1.50 bits per heavy atom. The van der Waals surface area contributed by atoms with Gasteiger partial charge in [-0.25, -0.2) is 0 Å². The number of amides is 1. The molecule has 4 nitrogen and oxygen atoms in total. The molecule has 0 saturated carbocycles. The predicted molar refractivity (Wildman–Crippen MR) is 71.3 cm³/mol. The van der Waals surface area contributed by atoms with E-state index >= 15 is 0 Å². The molecule has 1 fully saturated rings. The number of aryl methyl sites for hydroxylation is 1. The van der Waals surface area contributed by atoms with Crippen molar-refractivity contribution < 1.29 is 9.90 Å². The van der Waals surface area contributed by atoms with Gasteiger partial charge in [0, 0.05) is 18.8 Å². The first-order valence-corrected chi connectivity index (χ1v) is 6.33. The third kappa shape index (κ3) is 2.34. The monoisotopic (exact) mass is 248 g/mol. The first kappa shape index (κ1) is 12.9. The lowest BCUT2D eigenvalue weighted by Gasteiger charge is -2.34. The zero-order valence-electron chi connectivity index (χ0n) is 10.9. The summed E-state index contributed by atoms with van der Waals surface area (Å²) in [6.07, 6.45) is 0.335. The fourth-order valence-corrected chi connectivity index (χ4v) is 2.46. The number of piperidine rings is 1. The minimum Gasteiger partial charge on any atom is -0.398 e. The van der Waals surface area contributed by atoms with Gasteiger partial charge >= 0.3 is 0 Å². The highest BCUT2D eigenvalue weighted by Gasteiger charge is 2.29. The number of carbonyl (C=O) groups excluding carboxylic acids is 1. The van der Waals surface area contributed by atoms with Crippen molar-refractivity contribution in [1.29, 1.82) is 0 Å².